The van der Waals surface area contributed by atoms with Crippen LogP contribution in [0.1, 0.15) is 0 Å². The predicted molar refractivity (Wildman–Crippen MR) is 165 cm³/mol. The fourth-order valence-corrected chi connectivity index (χ4v) is 5.47. The van der Waals surface area contributed by atoms with Gasteiger partial charge in [-0.3, -0.25) is 9.11 Å². The number of hydrogen-bond acceptors (Lipinski definition) is 12. The number of benzene rings is 5. The lowest BCUT2D eigenvalue weighted by Crippen LogP contribution is -2.03. The Labute approximate surface area is 250 Å². The number of nitrogens with zero attached hydrogens (tertiary/aromatic N) is 4. The number of rotatable bonds is 7. The molecule has 0 aromatic heterocycles. The Morgan fingerprint density at radius 3 is 1.70 bits per heavy atom. The first-order valence-electron chi connectivity index (χ1n) is 12.4. The van der Waals surface area contributed by atoms with Crippen molar-refractivity contribution in [2.24, 2.45) is 20.5 Å². The fraction of sp³-hybridized carbons (Fsp3) is 0. The van der Waals surface area contributed by atoms with E-state index in [4.69, 9.17) is 17.2 Å². The van der Waals surface area contributed by atoms with Crippen LogP contribution in [0, 0.1) is 0 Å². The molecule has 0 aliphatic rings. The lowest BCUT2D eigenvalue weighted by atomic mass is 10.1. The highest BCUT2D eigenvalue weighted by Gasteiger charge is 2.24. The summed E-state index contributed by atoms with van der Waals surface area (Å²) < 4.78 is 66.5. The lowest BCUT2D eigenvalue weighted by Gasteiger charge is -2.12. The second-order valence-corrected chi connectivity index (χ2v) is 12.3. The summed E-state index contributed by atoms with van der Waals surface area (Å²) in [5, 5.41) is 26.3. The van der Waals surface area contributed by atoms with Crippen molar-refractivity contribution >= 4 is 70.8 Å². The van der Waals surface area contributed by atoms with Crippen LogP contribution in [-0.4, -0.2) is 31.0 Å². The SMILES string of the molecule is Nc1ccc(N=Nc2ccc(-c3ccc(N=Nc4c(S(=O)(=O)O)cc5cc(S(=O)(=O)O)cc(O)c5c4N)cc3)cc2)c(N)c1. The zero-order valence-electron chi connectivity index (χ0n) is 22.4. The molecule has 0 saturated heterocycles. The van der Waals surface area contributed by atoms with Gasteiger partial charge in [0.25, 0.3) is 20.2 Å². The number of phenols is 1. The van der Waals surface area contributed by atoms with Crippen LogP contribution < -0.4 is 17.2 Å². The molecule has 0 aliphatic heterocycles. The Kier molecular flexibility index (Phi) is 7.75. The van der Waals surface area contributed by atoms with Gasteiger partial charge >= 0.3 is 0 Å². The van der Waals surface area contributed by atoms with Crippen LogP contribution in [0.25, 0.3) is 21.9 Å². The molecular weight excluding hydrogens is 610 g/mol. The fourth-order valence-electron chi connectivity index (χ4n) is 4.26. The Balaban J connectivity index is 1.42. The molecule has 224 valence electrons. The first-order chi connectivity index (χ1) is 20.7. The minimum atomic E-state index is -4.94. The number of anilines is 3. The number of phenolic OH excluding ortho intramolecular Hbond substituents is 1. The van der Waals surface area contributed by atoms with Gasteiger partial charge in [-0.15, -0.1) is 10.2 Å². The third-order valence-corrected chi connectivity index (χ3v) is 8.10. The Morgan fingerprint density at radius 1 is 0.614 bits per heavy atom. The molecule has 16 heteroatoms. The van der Waals surface area contributed by atoms with Gasteiger partial charge in [0.1, 0.15) is 22.0 Å². The number of fused-ring (bicyclic) bond motifs is 1. The topological polar surface area (TPSA) is 256 Å². The molecule has 14 nitrogen and oxygen atoms in total. The molecule has 0 amide bonds. The zero-order chi connectivity index (χ0) is 31.8. The summed E-state index contributed by atoms with van der Waals surface area (Å²) in [6, 6.07) is 21.4. The lowest BCUT2D eigenvalue weighted by molar-refractivity contribution is 0.471. The maximum atomic E-state index is 12.1. The summed E-state index contributed by atoms with van der Waals surface area (Å²) in [5.41, 5.74) is 20.8. The van der Waals surface area contributed by atoms with Crippen LogP contribution in [0.4, 0.5) is 39.8 Å². The van der Waals surface area contributed by atoms with E-state index in [0.717, 1.165) is 29.3 Å². The van der Waals surface area contributed by atoms with E-state index in [9.17, 15) is 31.0 Å². The van der Waals surface area contributed by atoms with E-state index in [-0.39, 0.29) is 10.8 Å². The van der Waals surface area contributed by atoms with Crippen molar-refractivity contribution in [1.29, 1.82) is 0 Å². The van der Waals surface area contributed by atoms with Gasteiger partial charge < -0.3 is 22.3 Å². The summed E-state index contributed by atoms with van der Waals surface area (Å²) in [7, 11) is -9.68. The van der Waals surface area contributed by atoms with Crippen molar-refractivity contribution in [1.82, 2.24) is 0 Å². The smallest absolute Gasteiger partial charge is 0.296 e. The van der Waals surface area contributed by atoms with Crippen LogP contribution in [0.2, 0.25) is 0 Å². The summed E-state index contributed by atoms with van der Waals surface area (Å²) >= 11 is 0. The molecule has 0 radical (unpaired) electrons. The average molecular weight is 634 g/mol. The summed E-state index contributed by atoms with van der Waals surface area (Å²) in [4.78, 5) is -1.49. The number of azo groups is 2. The van der Waals surface area contributed by atoms with Gasteiger partial charge in [0.2, 0.25) is 0 Å². The van der Waals surface area contributed by atoms with Crippen molar-refractivity contribution in [3.63, 3.8) is 0 Å². The summed E-state index contributed by atoms with van der Waals surface area (Å²) in [6.07, 6.45) is 0. The Morgan fingerprint density at radius 2 is 1.18 bits per heavy atom. The van der Waals surface area contributed by atoms with Crippen molar-refractivity contribution in [3.8, 4) is 16.9 Å². The highest BCUT2D eigenvalue weighted by molar-refractivity contribution is 7.86. The van der Waals surface area contributed by atoms with Crippen molar-refractivity contribution < 1.29 is 31.0 Å². The standard InChI is InChI=1S/C28H23N7O7S2/c29-18-5-10-23(22(30)13-18)34-32-19-6-1-15(2-7-19)16-3-8-20(9-4-16)33-35-28-25(44(40,41)42)12-17-11-21(43(37,38)39)14-24(36)26(17)27(28)31/h1-14,36H,29-31H2,(H,37,38,39)(H,40,41,42). The van der Waals surface area contributed by atoms with Gasteiger partial charge in [0.15, 0.2) is 0 Å². The van der Waals surface area contributed by atoms with E-state index in [2.05, 4.69) is 20.5 Å². The van der Waals surface area contributed by atoms with Crippen LogP contribution in [0.3, 0.4) is 0 Å². The van der Waals surface area contributed by atoms with E-state index in [0.29, 0.717) is 28.4 Å². The molecule has 0 unspecified atom stereocenters. The van der Waals surface area contributed by atoms with E-state index in [1.165, 1.54) is 0 Å². The Hall–Kier alpha value is -5.42. The molecule has 5 aromatic carbocycles. The van der Waals surface area contributed by atoms with Crippen LogP contribution >= 0.6 is 0 Å². The molecule has 9 N–H and O–H groups in total. The molecule has 0 aliphatic carbocycles. The van der Waals surface area contributed by atoms with E-state index in [1.54, 1.807) is 54.6 Å². The van der Waals surface area contributed by atoms with Crippen molar-refractivity contribution in [3.05, 3.63) is 84.9 Å². The van der Waals surface area contributed by atoms with Crippen molar-refractivity contribution in [2.45, 2.75) is 9.79 Å². The second-order valence-electron chi connectivity index (χ2n) is 9.44. The normalized spacial score (nSPS) is 12.4. The minimum absolute atomic E-state index is 0.158. The molecular formula is C28H23N7O7S2. The molecule has 44 heavy (non-hydrogen) atoms. The predicted octanol–water partition coefficient (Wildman–Crippen LogP) is 6.28. The molecule has 0 fully saturated rings. The van der Waals surface area contributed by atoms with Crippen LogP contribution in [0.5, 0.6) is 5.75 Å². The largest absolute Gasteiger partial charge is 0.507 e. The molecule has 0 saturated carbocycles. The van der Waals surface area contributed by atoms with Crippen LogP contribution in [0.15, 0.2) is 115 Å². The minimum Gasteiger partial charge on any atom is -0.507 e. The number of nitrogens with two attached hydrogens (primary N) is 3. The average Bonchev–Trinajstić information content (AvgIpc) is 2.95. The summed E-state index contributed by atoms with van der Waals surface area (Å²) in [6.45, 7) is 0. The zero-order valence-corrected chi connectivity index (χ0v) is 24.0. The maximum Gasteiger partial charge on any atom is 0.296 e. The van der Waals surface area contributed by atoms with Gasteiger partial charge in [0, 0.05) is 17.1 Å². The highest BCUT2D eigenvalue weighted by Crippen LogP contribution is 2.43. The molecule has 5 aromatic rings. The van der Waals surface area contributed by atoms with E-state index < -0.39 is 47.2 Å². The molecule has 0 bridgehead atoms. The van der Waals surface area contributed by atoms with Gasteiger partial charge in [0.05, 0.1) is 27.6 Å². The first kappa shape index (κ1) is 30.1. The van der Waals surface area contributed by atoms with Crippen molar-refractivity contribution in [2.75, 3.05) is 17.2 Å². The van der Waals surface area contributed by atoms with Gasteiger partial charge in [-0.2, -0.15) is 27.1 Å². The molecule has 0 spiro atoms. The third-order valence-electron chi connectivity index (χ3n) is 6.40. The first-order valence-corrected chi connectivity index (χ1v) is 15.3. The Bertz CT molecular complexity index is 2200. The van der Waals surface area contributed by atoms with Gasteiger partial charge in [-0.05, 0) is 71.1 Å². The van der Waals surface area contributed by atoms with E-state index in [1.807, 2.05) is 12.1 Å². The van der Waals surface area contributed by atoms with E-state index >= 15 is 0 Å². The summed E-state index contributed by atoms with van der Waals surface area (Å²) in [5.74, 6) is -0.669. The molecule has 5 rings (SSSR count). The number of hydrogen-bond donors (Lipinski definition) is 6. The molecule has 0 heterocycles. The monoisotopic (exact) mass is 633 g/mol. The highest BCUT2D eigenvalue weighted by atomic mass is 32.2. The van der Waals surface area contributed by atoms with Gasteiger partial charge in [-0.1, -0.05) is 24.3 Å². The maximum absolute atomic E-state index is 12.1. The third kappa shape index (κ3) is 6.32. The molecule has 0 atom stereocenters. The quantitative estimate of drug-likeness (QED) is 0.0663. The number of aromatic hydroxyl groups is 1. The second kappa shape index (κ2) is 11.3. The van der Waals surface area contributed by atoms with Crippen LogP contribution in [-0.2, 0) is 20.2 Å². The van der Waals surface area contributed by atoms with Gasteiger partial charge in [-0.25, -0.2) is 0 Å². The number of nitrogen functional groups attached to an aromatic ring is 3.